The zero-order valence-electron chi connectivity index (χ0n) is 7.78. The van der Waals surface area contributed by atoms with Crippen molar-refractivity contribution < 1.29 is 14.7 Å². The quantitative estimate of drug-likeness (QED) is 0.535. The molecule has 1 fully saturated rings. The van der Waals surface area contributed by atoms with E-state index in [1.807, 2.05) is 0 Å². The number of nitrogens with one attached hydrogen (secondary N) is 1. The van der Waals surface area contributed by atoms with Crippen LogP contribution in [0.4, 0.5) is 0 Å². The van der Waals surface area contributed by atoms with Gasteiger partial charge in [0, 0.05) is 26.9 Å². The predicted molar refractivity (Wildman–Crippen MR) is 45.9 cm³/mol. The van der Waals surface area contributed by atoms with E-state index in [2.05, 4.69) is 5.32 Å². The summed E-state index contributed by atoms with van der Waals surface area (Å²) in [7, 11) is 1.52. The number of β-amino-alcohol motifs (C(OH)–C–C–N with tert-alkyl or cyclic N) is 1. The van der Waals surface area contributed by atoms with Gasteiger partial charge in [0.2, 0.25) is 11.8 Å². The van der Waals surface area contributed by atoms with Crippen LogP contribution in [0.3, 0.4) is 0 Å². The van der Waals surface area contributed by atoms with Crippen molar-refractivity contribution in [2.45, 2.75) is 25.5 Å². The lowest BCUT2D eigenvalue weighted by atomic mass is 10.2. The van der Waals surface area contributed by atoms with Gasteiger partial charge in [0.25, 0.3) is 0 Å². The zero-order valence-corrected chi connectivity index (χ0v) is 7.78. The molecular weight excluding hydrogens is 172 g/mol. The highest BCUT2D eigenvalue weighted by atomic mass is 16.3. The number of rotatable bonds is 1. The first kappa shape index (κ1) is 9.98. The van der Waals surface area contributed by atoms with Gasteiger partial charge in [-0.2, -0.15) is 0 Å². The molecule has 5 heteroatoms. The minimum absolute atomic E-state index is 0.176. The summed E-state index contributed by atoms with van der Waals surface area (Å²) >= 11 is 0. The van der Waals surface area contributed by atoms with E-state index in [9.17, 15) is 14.7 Å². The standard InChI is InChI=1S/C8H14N2O3/c1-5(11)10-4-6(12)3-7(10)8(13)9-2/h6-7,12H,3-4H2,1-2H3,(H,9,13)/t6-,7-/m0/s1. The van der Waals surface area contributed by atoms with Crippen molar-refractivity contribution in [3.8, 4) is 0 Å². The van der Waals surface area contributed by atoms with Crippen molar-refractivity contribution in [3.63, 3.8) is 0 Å². The fourth-order valence-corrected chi connectivity index (χ4v) is 1.58. The molecule has 1 aliphatic heterocycles. The van der Waals surface area contributed by atoms with E-state index in [4.69, 9.17) is 0 Å². The monoisotopic (exact) mass is 186 g/mol. The number of amides is 2. The van der Waals surface area contributed by atoms with Gasteiger partial charge in [-0.3, -0.25) is 9.59 Å². The van der Waals surface area contributed by atoms with Gasteiger partial charge in [-0.15, -0.1) is 0 Å². The molecule has 74 valence electrons. The Morgan fingerprint density at radius 2 is 2.15 bits per heavy atom. The molecule has 2 atom stereocenters. The van der Waals surface area contributed by atoms with Crippen LogP contribution in [0, 0.1) is 0 Å². The van der Waals surface area contributed by atoms with Gasteiger partial charge in [0.1, 0.15) is 6.04 Å². The number of hydrogen-bond donors (Lipinski definition) is 2. The van der Waals surface area contributed by atoms with Gasteiger partial charge < -0.3 is 15.3 Å². The van der Waals surface area contributed by atoms with Crippen molar-refractivity contribution in [2.24, 2.45) is 0 Å². The zero-order chi connectivity index (χ0) is 10.0. The van der Waals surface area contributed by atoms with Crippen LogP contribution in [0.1, 0.15) is 13.3 Å². The van der Waals surface area contributed by atoms with Crippen LogP contribution in [0.15, 0.2) is 0 Å². The molecule has 0 saturated carbocycles. The average molecular weight is 186 g/mol. The Hall–Kier alpha value is -1.10. The number of aliphatic hydroxyl groups excluding tert-OH is 1. The normalized spacial score (nSPS) is 27.5. The van der Waals surface area contributed by atoms with Crippen LogP contribution in [0.2, 0.25) is 0 Å². The number of hydrogen-bond acceptors (Lipinski definition) is 3. The molecule has 5 nitrogen and oxygen atoms in total. The van der Waals surface area contributed by atoms with Crippen LogP contribution in [0.5, 0.6) is 0 Å². The summed E-state index contributed by atoms with van der Waals surface area (Å²) in [4.78, 5) is 23.7. The second-order valence-electron chi connectivity index (χ2n) is 3.19. The first-order chi connectivity index (χ1) is 6.06. The highest BCUT2D eigenvalue weighted by molar-refractivity contribution is 5.87. The van der Waals surface area contributed by atoms with Gasteiger partial charge in [-0.05, 0) is 0 Å². The highest BCUT2D eigenvalue weighted by Crippen LogP contribution is 2.17. The second-order valence-corrected chi connectivity index (χ2v) is 3.19. The Balaban J connectivity index is 2.71. The van der Waals surface area contributed by atoms with Gasteiger partial charge in [0.05, 0.1) is 6.10 Å². The maximum atomic E-state index is 11.3. The predicted octanol–water partition coefficient (Wildman–Crippen LogP) is -1.29. The van der Waals surface area contributed by atoms with E-state index < -0.39 is 12.1 Å². The van der Waals surface area contributed by atoms with E-state index in [0.717, 1.165) is 0 Å². The number of likely N-dealkylation sites (tertiary alicyclic amines) is 1. The lowest BCUT2D eigenvalue weighted by Crippen LogP contribution is -2.43. The molecule has 1 heterocycles. The largest absolute Gasteiger partial charge is 0.391 e. The molecule has 0 unspecified atom stereocenters. The van der Waals surface area contributed by atoms with E-state index >= 15 is 0 Å². The molecular formula is C8H14N2O3. The van der Waals surface area contributed by atoms with E-state index in [1.54, 1.807) is 0 Å². The van der Waals surface area contributed by atoms with Crippen molar-refractivity contribution in [2.75, 3.05) is 13.6 Å². The molecule has 0 radical (unpaired) electrons. The summed E-state index contributed by atoms with van der Waals surface area (Å²) in [6.07, 6.45) is -0.245. The Kier molecular flexibility index (Phi) is 2.87. The van der Waals surface area contributed by atoms with Crippen LogP contribution in [-0.4, -0.2) is 47.6 Å². The number of aliphatic hydroxyl groups is 1. The van der Waals surface area contributed by atoms with Crippen LogP contribution < -0.4 is 5.32 Å². The van der Waals surface area contributed by atoms with Gasteiger partial charge >= 0.3 is 0 Å². The third-order valence-corrected chi connectivity index (χ3v) is 2.23. The number of likely N-dealkylation sites (N-methyl/N-ethyl adjacent to an activating group) is 1. The maximum Gasteiger partial charge on any atom is 0.242 e. The molecule has 0 aromatic rings. The molecule has 2 amide bonds. The number of carbonyl (C=O) groups excluding carboxylic acids is 2. The summed E-state index contributed by atoms with van der Waals surface area (Å²) < 4.78 is 0. The number of nitrogens with zero attached hydrogens (tertiary/aromatic N) is 1. The molecule has 0 aromatic heterocycles. The minimum Gasteiger partial charge on any atom is -0.391 e. The molecule has 0 spiro atoms. The second kappa shape index (κ2) is 3.74. The van der Waals surface area contributed by atoms with Crippen molar-refractivity contribution >= 4 is 11.8 Å². The topological polar surface area (TPSA) is 69.6 Å². The van der Waals surface area contributed by atoms with Gasteiger partial charge in [-0.1, -0.05) is 0 Å². The molecule has 2 N–H and O–H groups in total. The van der Waals surface area contributed by atoms with Crippen molar-refractivity contribution in [1.29, 1.82) is 0 Å². The van der Waals surface area contributed by atoms with Crippen LogP contribution >= 0.6 is 0 Å². The summed E-state index contributed by atoms with van der Waals surface area (Å²) in [5, 5.41) is 11.8. The maximum absolute atomic E-state index is 11.3. The molecule has 1 saturated heterocycles. The molecule has 0 aliphatic carbocycles. The lowest BCUT2D eigenvalue weighted by molar-refractivity contribution is -0.136. The Bertz CT molecular complexity index is 229. The average Bonchev–Trinajstić information content (AvgIpc) is 2.46. The summed E-state index contributed by atoms with van der Waals surface area (Å²) in [5.41, 5.74) is 0. The highest BCUT2D eigenvalue weighted by Gasteiger charge is 2.36. The third kappa shape index (κ3) is 1.98. The Morgan fingerprint density at radius 1 is 1.54 bits per heavy atom. The smallest absolute Gasteiger partial charge is 0.242 e. The number of carbonyl (C=O) groups is 2. The lowest BCUT2D eigenvalue weighted by Gasteiger charge is -2.20. The molecule has 1 aliphatic rings. The Morgan fingerprint density at radius 3 is 2.62 bits per heavy atom. The first-order valence-corrected chi connectivity index (χ1v) is 4.23. The third-order valence-electron chi connectivity index (χ3n) is 2.23. The molecule has 1 rings (SSSR count). The van der Waals surface area contributed by atoms with Crippen LogP contribution in [-0.2, 0) is 9.59 Å². The van der Waals surface area contributed by atoms with Crippen molar-refractivity contribution in [3.05, 3.63) is 0 Å². The van der Waals surface area contributed by atoms with Gasteiger partial charge in [-0.25, -0.2) is 0 Å². The van der Waals surface area contributed by atoms with Crippen LogP contribution in [0.25, 0.3) is 0 Å². The summed E-state index contributed by atoms with van der Waals surface area (Å²) in [6, 6.07) is -0.502. The fourth-order valence-electron chi connectivity index (χ4n) is 1.58. The van der Waals surface area contributed by atoms with E-state index in [-0.39, 0.29) is 18.4 Å². The van der Waals surface area contributed by atoms with E-state index in [0.29, 0.717) is 6.42 Å². The summed E-state index contributed by atoms with van der Waals surface area (Å²) in [5.74, 6) is -0.392. The SMILES string of the molecule is CNC(=O)[C@@H]1C[C@H](O)CN1C(C)=O. The minimum atomic E-state index is -0.578. The molecule has 0 bridgehead atoms. The summed E-state index contributed by atoms with van der Waals surface area (Å²) in [6.45, 7) is 1.65. The Labute approximate surface area is 76.7 Å². The van der Waals surface area contributed by atoms with Gasteiger partial charge in [0.15, 0.2) is 0 Å². The fraction of sp³-hybridized carbons (Fsp3) is 0.750. The van der Waals surface area contributed by atoms with Crippen molar-refractivity contribution in [1.82, 2.24) is 10.2 Å². The van der Waals surface area contributed by atoms with E-state index in [1.165, 1.54) is 18.9 Å². The first-order valence-electron chi connectivity index (χ1n) is 4.23. The molecule has 13 heavy (non-hydrogen) atoms. The molecule has 0 aromatic carbocycles.